The number of esters is 1. The van der Waals surface area contributed by atoms with Gasteiger partial charge in [-0.05, 0) is 61.6 Å². The number of benzene rings is 1. The largest absolute Gasteiger partial charge is 0.451 e. The van der Waals surface area contributed by atoms with Crippen molar-refractivity contribution >= 4 is 27.6 Å². The summed E-state index contributed by atoms with van der Waals surface area (Å²) in [6, 6.07) is 8.08. The van der Waals surface area contributed by atoms with E-state index in [0.717, 1.165) is 28.6 Å². The molecule has 1 aromatic rings. The molecule has 4 rings (SSSR count). The normalized spacial score (nSPS) is 39.4. The molecular weight excluding hydrogens is 366 g/mol. The third-order valence-corrected chi connectivity index (χ3v) is 7.05. The minimum atomic E-state index is -0.811. The lowest BCUT2D eigenvalue weighted by molar-refractivity contribution is -0.162. The second-order valence-corrected chi connectivity index (χ2v) is 9.61. The lowest BCUT2D eigenvalue weighted by Crippen LogP contribution is -2.55. The Morgan fingerprint density at radius 2 is 1.83 bits per heavy atom. The summed E-state index contributed by atoms with van der Waals surface area (Å²) < 4.78 is 7.04. The number of hydrogen-bond acceptors (Lipinski definition) is 3. The van der Waals surface area contributed by atoms with Gasteiger partial charge in [0.15, 0.2) is 5.54 Å². The molecule has 0 saturated heterocycles. The number of rotatable bonds is 2. The third-order valence-electron chi connectivity index (χ3n) is 6.52. The first-order valence-corrected chi connectivity index (χ1v) is 9.50. The molecule has 0 amide bonds. The lowest BCUT2D eigenvalue weighted by atomic mass is 9.80. The van der Waals surface area contributed by atoms with Crippen molar-refractivity contribution in [1.29, 1.82) is 0 Å². The Balaban J connectivity index is 1.65. The molecule has 2 fully saturated rings. The monoisotopic (exact) mass is 389 g/mol. The van der Waals surface area contributed by atoms with Crippen molar-refractivity contribution in [3.05, 3.63) is 34.3 Å². The fourth-order valence-corrected chi connectivity index (χ4v) is 4.93. The highest BCUT2D eigenvalue weighted by Crippen LogP contribution is 2.66. The van der Waals surface area contributed by atoms with Gasteiger partial charge in [0.1, 0.15) is 5.60 Å². The maximum Gasteiger partial charge on any atom is 0.334 e. The summed E-state index contributed by atoms with van der Waals surface area (Å²) in [6.45, 7) is 8.61. The molecule has 0 unspecified atom stereocenters. The second kappa shape index (κ2) is 4.94. The van der Waals surface area contributed by atoms with Gasteiger partial charge in [-0.1, -0.05) is 41.9 Å². The zero-order valence-corrected chi connectivity index (χ0v) is 16.3. The van der Waals surface area contributed by atoms with E-state index in [4.69, 9.17) is 9.73 Å². The Morgan fingerprint density at radius 1 is 1.17 bits per heavy atom. The van der Waals surface area contributed by atoms with Crippen LogP contribution in [-0.4, -0.2) is 22.8 Å². The number of carbonyl (C=O) groups is 1. The van der Waals surface area contributed by atoms with Crippen molar-refractivity contribution in [2.45, 2.75) is 58.1 Å². The lowest BCUT2D eigenvalue weighted by Gasteiger charge is -2.42. The Morgan fingerprint density at radius 3 is 2.50 bits per heavy atom. The number of carbonyl (C=O) groups excluding carboxylic acids is 1. The highest BCUT2D eigenvalue weighted by atomic mass is 79.9. The first-order valence-electron chi connectivity index (χ1n) is 8.71. The Kier molecular flexibility index (Phi) is 3.36. The first kappa shape index (κ1) is 16.3. The minimum absolute atomic E-state index is 0.187. The molecule has 4 atom stereocenters. The Hall–Kier alpha value is -1.16. The van der Waals surface area contributed by atoms with Gasteiger partial charge in [0, 0.05) is 10.9 Å². The van der Waals surface area contributed by atoms with Crippen LogP contribution in [0.5, 0.6) is 0 Å². The smallest absolute Gasteiger partial charge is 0.334 e. The zero-order chi connectivity index (χ0) is 17.3. The maximum absolute atomic E-state index is 12.8. The standard InChI is InChI=1S/C20H24BrNO2/c1-18(2)14-9-16-20(4,11-15(14)18)24-17(23)19(3,22-16)10-12-5-7-13(21)8-6-12/h5-8,14-15H,9-11H2,1-4H3/t14-,15+,19+,20+/m1/s1. The number of aliphatic imine (C=N–C) groups is 1. The van der Waals surface area contributed by atoms with Gasteiger partial charge in [-0.15, -0.1) is 0 Å². The van der Waals surface area contributed by atoms with Gasteiger partial charge in [0.2, 0.25) is 0 Å². The summed E-state index contributed by atoms with van der Waals surface area (Å²) in [5.74, 6) is 1.16. The van der Waals surface area contributed by atoms with Crippen LogP contribution < -0.4 is 0 Å². The van der Waals surface area contributed by atoms with Crippen LogP contribution in [-0.2, 0) is 16.0 Å². The van der Waals surface area contributed by atoms with Gasteiger partial charge >= 0.3 is 5.97 Å². The van der Waals surface area contributed by atoms with Crippen molar-refractivity contribution in [1.82, 2.24) is 0 Å². The molecule has 128 valence electrons. The van der Waals surface area contributed by atoms with Gasteiger partial charge in [0.05, 0.1) is 5.71 Å². The molecule has 0 spiro atoms. The van der Waals surface area contributed by atoms with Crippen LogP contribution in [0, 0.1) is 17.3 Å². The SMILES string of the molecule is CC1(C)[C@@H]2CC3=N[C@@](C)(Cc4ccc(Br)cc4)C(=O)O[C@@]3(C)C[C@@H]21. The number of hydrogen-bond donors (Lipinski definition) is 0. The number of ether oxygens (including phenoxy) is 1. The van der Waals surface area contributed by atoms with E-state index >= 15 is 0 Å². The molecule has 1 aromatic carbocycles. The summed E-state index contributed by atoms with van der Waals surface area (Å²) >= 11 is 3.45. The average molecular weight is 390 g/mol. The highest BCUT2D eigenvalue weighted by Gasteiger charge is 2.65. The van der Waals surface area contributed by atoms with Crippen LogP contribution in [0.4, 0.5) is 0 Å². The summed E-state index contributed by atoms with van der Waals surface area (Å²) in [5.41, 5.74) is 1.25. The van der Waals surface area contributed by atoms with Gasteiger partial charge in [-0.25, -0.2) is 4.79 Å². The van der Waals surface area contributed by atoms with Crippen molar-refractivity contribution in [3.8, 4) is 0 Å². The first-order chi connectivity index (χ1) is 11.1. The third kappa shape index (κ3) is 2.37. The fourth-order valence-electron chi connectivity index (χ4n) is 4.66. The zero-order valence-electron chi connectivity index (χ0n) is 14.7. The molecule has 3 aliphatic rings. The Bertz CT molecular complexity index is 739. The summed E-state index contributed by atoms with van der Waals surface area (Å²) in [7, 11) is 0. The average Bonchev–Trinajstić information content (AvgIpc) is 3.00. The molecular formula is C20H24BrNO2. The molecule has 2 aliphatic carbocycles. The molecule has 0 aromatic heterocycles. The van der Waals surface area contributed by atoms with E-state index in [-0.39, 0.29) is 5.97 Å². The van der Waals surface area contributed by atoms with Gasteiger partial charge in [0.25, 0.3) is 0 Å². The van der Waals surface area contributed by atoms with E-state index in [1.807, 2.05) is 38.1 Å². The van der Waals surface area contributed by atoms with E-state index < -0.39 is 11.1 Å². The van der Waals surface area contributed by atoms with Crippen LogP contribution >= 0.6 is 15.9 Å². The summed E-state index contributed by atoms with van der Waals surface area (Å²) in [6.07, 6.45) is 2.47. The van der Waals surface area contributed by atoms with E-state index in [1.165, 1.54) is 0 Å². The molecule has 3 nitrogen and oxygen atoms in total. The fraction of sp³-hybridized carbons (Fsp3) is 0.600. The molecule has 4 heteroatoms. The van der Waals surface area contributed by atoms with Crippen LogP contribution in [0.15, 0.2) is 33.7 Å². The predicted octanol–water partition coefficient (Wildman–Crippen LogP) is 4.57. The van der Waals surface area contributed by atoms with Gasteiger partial charge in [-0.3, -0.25) is 4.99 Å². The number of nitrogens with zero attached hydrogens (tertiary/aromatic N) is 1. The summed E-state index contributed by atoms with van der Waals surface area (Å²) in [4.78, 5) is 17.8. The molecule has 0 radical (unpaired) electrons. The topological polar surface area (TPSA) is 38.7 Å². The van der Waals surface area contributed by atoms with Crippen molar-refractivity contribution in [3.63, 3.8) is 0 Å². The molecule has 0 N–H and O–H groups in total. The van der Waals surface area contributed by atoms with Crippen molar-refractivity contribution in [2.75, 3.05) is 0 Å². The molecule has 24 heavy (non-hydrogen) atoms. The molecule has 1 heterocycles. The van der Waals surface area contributed by atoms with E-state index in [1.54, 1.807) is 0 Å². The maximum atomic E-state index is 12.8. The van der Waals surface area contributed by atoms with Crippen LogP contribution in [0.3, 0.4) is 0 Å². The number of halogens is 1. The van der Waals surface area contributed by atoms with Crippen LogP contribution in [0.1, 0.15) is 46.1 Å². The molecule has 0 bridgehead atoms. The molecule has 1 aliphatic heterocycles. The highest BCUT2D eigenvalue weighted by molar-refractivity contribution is 9.10. The second-order valence-electron chi connectivity index (χ2n) is 8.70. The van der Waals surface area contributed by atoms with Crippen molar-refractivity contribution in [2.24, 2.45) is 22.2 Å². The van der Waals surface area contributed by atoms with Crippen LogP contribution in [0.2, 0.25) is 0 Å². The van der Waals surface area contributed by atoms with Gasteiger partial charge < -0.3 is 4.74 Å². The predicted molar refractivity (Wildman–Crippen MR) is 98.2 cm³/mol. The van der Waals surface area contributed by atoms with E-state index in [0.29, 0.717) is 23.7 Å². The minimum Gasteiger partial charge on any atom is -0.451 e. The Labute approximate surface area is 152 Å². The molecule has 2 saturated carbocycles. The van der Waals surface area contributed by atoms with Gasteiger partial charge in [-0.2, -0.15) is 0 Å². The van der Waals surface area contributed by atoms with E-state index in [2.05, 4.69) is 29.8 Å². The quantitative estimate of drug-likeness (QED) is 0.694. The van der Waals surface area contributed by atoms with E-state index in [9.17, 15) is 4.79 Å². The van der Waals surface area contributed by atoms with Crippen LogP contribution in [0.25, 0.3) is 0 Å². The summed E-state index contributed by atoms with van der Waals surface area (Å²) in [5, 5.41) is 0. The van der Waals surface area contributed by atoms with Crippen molar-refractivity contribution < 1.29 is 9.53 Å². The number of fused-ring (bicyclic) bond motifs is 2.